The lowest BCUT2D eigenvalue weighted by atomic mass is 10.0. The smallest absolute Gasteiger partial charge is 0.407 e. The van der Waals surface area contributed by atoms with Crippen LogP contribution in [-0.4, -0.2) is 35.3 Å². The van der Waals surface area contributed by atoms with Gasteiger partial charge in [-0.15, -0.1) is 0 Å². The second kappa shape index (κ2) is 9.96. The van der Waals surface area contributed by atoms with Gasteiger partial charge in [0.15, 0.2) is 0 Å². The Balaban J connectivity index is 2.08. The number of carbonyl (C=O) groups is 3. The highest BCUT2D eigenvalue weighted by atomic mass is 16.6. The predicted molar refractivity (Wildman–Crippen MR) is 96.9 cm³/mol. The topological polar surface area (TPSA) is 102 Å². The van der Waals surface area contributed by atoms with E-state index in [0.29, 0.717) is 0 Å². The summed E-state index contributed by atoms with van der Waals surface area (Å²) in [6.07, 6.45) is -2.17. The number of carboxylic acid groups (broad SMARTS) is 1. The van der Waals surface area contributed by atoms with Crippen molar-refractivity contribution in [3.8, 4) is 0 Å². The predicted octanol–water partition coefficient (Wildman–Crippen LogP) is 2.54. The van der Waals surface area contributed by atoms with Gasteiger partial charge in [-0.25, -0.2) is 9.59 Å². The second-order valence-electron chi connectivity index (χ2n) is 5.87. The summed E-state index contributed by atoms with van der Waals surface area (Å²) >= 11 is 0. The first-order chi connectivity index (χ1) is 13.0. The molecule has 0 saturated heterocycles. The Labute approximate surface area is 156 Å². The van der Waals surface area contributed by atoms with Gasteiger partial charge in [0, 0.05) is 6.92 Å². The summed E-state index contributed by atoms with van der Waals surface area (Å²) in [5.74, 6) is -2.10. The molecule has 1 amide bonds. The third kappa shape index (κ3) is 6.81. The number of nitrogens with one attached hydrogen (secondary N) is 1. The SMILES string of the molecule is CC(=O)O[C@@H](C(=O)O)[C@H](Cc1ccccc1)NC(=O)OCc1ccccc1. The summed E-state index contributed by atoms with van der Waals surface area (Å²) in [5.41, 5.74) is 1.58. The summed E-state index contributed by atoms with van der Waals surface area (Å²) in [6, 6.07) is 17.1. The van der Waals surface area contributed by atoms with Crippen molar-refractivity contribution in [1.82, 2.24) is 5.32 Å². The zero-order valence-electron chi connectivity index (χ0n) is 14.8. The Morgan fingerprint density at radius 3 is 2.04 bits per heavy atom. The fourth-order valence-electron chi connectivity index (χ4n) is 2.50. The molecule has 7 nitrogen and oxygen atoms in total. The van der Waals surface area contributed by atoms with Gasteiger partial charge < -0.3 is 19.9 Å². The highest BCUT2D eigenvalue weighted by Gasteiger charge is 2.33. The Bertz CT molecular complexity index is 763. The van der Waals surface area contributed by atoms with Crippen LogP contribution in [0, 0.1) is 0 Å². The van der Waals surface area contributed by atoms with Crippen molar-refractivity contribution in [2.45, 2.75) is 32.1 Å². The molecule has 0 aromatic heterocycles. The maximum absolute atomic E-state index is 12.2. The monoisotopic (exact) mass is 371 g/mol. The van der Waals surface area contributed by atoms with Gasteiger partial charge >= 0.3 is 18.0 Å². The average Bonchev–Trinajstić information content (AvgIpc) is 2.65. The number of benzene rings is 2. The normalized spacial score (nSPS) is 12.5. The summed E-state index contributed by atoms with van der Waals surface area (Å²) in [6.45, 7) is 1.15. The molecule has 0 aliphatic carbocycles. The Morgan fingerprint density at radius 1 is 0.963 bits per heavy atom. The lowest BCUT2D eigenvalue weighted by Gasteiger charge is -2.24. The first-order valence-electron chi connectivity index (χ1n) is 8.37. The molecule has 2 rings (SSSR count). The minimum Gasteiger partial charge on any atom is -0.478 e. The number of hydrogen-bond acceptors (Lipinski definition) is 5. The number of hydrogen-bond donors (Lipinski definition) is 2. The van der Waals surface area contributed by atoms with E-state index in [1.54, 1.807) is 36.4 Å². The molecule has 0 spiro atoms. The number of ether oxygens (including phenoxy) is 2. The molecule has 0 saturated carbocycles. The molecule has 2 N–H and O–H groups in total. The Kier molecular flexibility index (Phi) is 7.37. The number of amides is 1. The third-order valence-electron chi connectivity index (χ3n) is 3.72. The van der Waals surface area contributed by atoms with E-state index in [-0.39, 0.29) is 13.0 Å². The summed E-state index contributed by atoms with van der Waals surface area (Å²) in [4.78, 5) is 35.0. The van der Waals surface area contributed by atoms with Crippen molar-refractivity contribution >= 4 is 18.0 Å². The Morgan fingerprint density at radius 2 is 1.52 bits per heavy atom. The average molecular weight is 371 g/mol. The molecule has 2 atom stereocenters. The molecule has 0 bridgehead atoms. The van der Waals surface area contributed by atoms with Crippen LogP contribution in [0.4, 0.5) is 4.79 Å². The molecular weight excluding hydrogens is 350 g/mol. The largest absolute Gasteiger partial charge is 0.478 e. The van der Waals surface area contributed by atoms with Crippen molar-refractivity contribution in [3.63, 3.8) is 0 Å². The summed E-state index contributed by atoms with van der Waals surface area (Å²) in [7, 11) is 0. The lowest BCUT2D eigenvalue weighted by molar-refractivity contribution is -0.164. The van der Waals surface area contributed by atoms with E-state index in [2.05, 4.69) is 5.32 Å². The molecule has 7 heteroatoms. The van der Waals surface area contributed by atoms with Gasteiger partial charge in [-0.2, -0.15) is 0 Å². The number of carbonyl (C=O) groups excluding carboxylic acids is 2. The molecule has 27 heavy (non-hydrogen) atoms. The molecule has 2 aromatic carbocycles. The van der Waals surface area contributed by atoms with Crippen molar-refractivity contribution in [3.05, 3.63) is 71.8 Å². The molecule has 0 fully saturated rings. The van der Waals surface area contributed by atoms with E-state index < -0.39 is 30.2 Å². The van der Waals surface area contributed by atoms with Crippen LogP contribution in [0.5, 0.6) is 0 Å². The van der Waals surface area contributed by atoms with Crippen LogP contribution < -0.4 is 5.32 Å². The number of aliphatic carboxylic acids is 1. The number of carboxylic acids is 1. The van der Waals surface area contributed by atoms with Crippen molar-refractivity contribution in [1.29, 1.82) is 0 Å². The van der Waals surface area contributed by atoms with Crippen LogP contribution in [0.2, 0.25) is 0 Å². The third-order valence-corrected chi connectivity index (χ3v) is 3.72. The van der Waals surface area contributed by atoms with Crippen molar-refractivity contribution in [2.75, 3.05) is 0 Å². The van der Waals surface area contributed by atoms with Crippen LogP contribution in [-0.2, 0) is 32.1 Å². The summed E-state index contributed by atoms with van der Waals surface area (Å²) < 4.78 is 10.0. The van der Waals surface area contributed by atoms with Crippen LogP contribution in [0.15, 0.2) is 60.7 Å². The van der Waals surface area contributed by atoms with E-state index in [9.17, 15) is 19.5 Å². The van der Waals surface area contributed by atoms with Crippen molar-refractivity contribution in [2.24, 2.45) is 0 Å². The van der Waals surface area contributed by atoms with Gasteiger partial charge in [0.2, 0.25) is 6.10 Å². The molecule has 0 radical (unpaired) electrons. The maximum Gasteiger partial charge on any atom is 0.407 e. The quantitative estimate of drug-likeness (QED) is 0.692. The van der Waals surface area contributed by atoms with Crippen LogP contribution >= 0.6 is 0 Å². The molecular formula is C20H21NO6. The number of rotatable bonds is 8. The molecule has 0 aliphatic heterocycles. The van der Waals surface area contributed by atoms with Gasteiger partial charge in [-0.1, -0.05) is 60.7 Å². The van der Waals surface area contributed by atoms with Gasteiger partial charge in [-0.05, 0) is 17.5 Å². The van der Waals surface area contributed by atoms with Crippen LogP contribution in [0.3, 0.4) is 0 Å². The minimum absolute atomic E-state index is 0.0377. The van der Waals surface area contributed by atoms with Crippen molar-refractivity contribution < 1.29 is 29.0 Å². The fraction of sp³-hybridized carbons (Fsp3) is 0.250. The maximum atomic E-state index is 12.2. The second-order valence-corrected chi connectivity index (χ2v) is 5.87. The van der Waals surface area contributed by atoms with E-state index in [1.807, 2.05) is 24.3 Å². The minimum atomic E-state index is -1.54. The molecule has 0 aliphatic rings. The molecule has 142 valence electrons. The number of esters is 1. The van der Waals surface area contributed by atoms with Gasteiger partial charge in [0.05, 0.1) is 6.04 Å². The van der Waals surface area contributed by atoms with E-state index >= 15 is 0 Å². The highest BCUT2D eigenvalue weighted by molar-refractivity contribution is 5.79. The van der Waals surface area contributed by atoms with Gasteiger partial charge in [-0.3, -0.25) is 4.79 Å². The van der Waals surface area contributed by atoms with E-state index in [4.69, 9.17) is 9.47 Å². The van der Waals surface area contributed by atoms with E-state index in [1.165, 1.54) is 0 Å². The Hall–Kier alpha value is -3.35. The molecule has 0 unspecified atom stereocenters. The van der Waals surface area contributed by atoms with Crippen LogP contribution in [0.25, 0.3) is 0 Å². The first kappa shape index (κ1) is 20.0. The van der Waals surface area contributed by atoms with E-state index in [0.717, 1.165) is 18.1 Å². The molecule has 2 aromatic rings. The fourth-order valence-corrected chi connectivity index (χ4v) is 2.50. The molecule has 0 heterocycles. The van der Waals surface area contributed by atoms with Gasteiger partial charge in [0.25, 0.3) is 0 Å². The lowest BCUT2D eigenvalue weighted by Crippen LogP contribution is -2.50. The summed E-state index contributed by atoms with van der Waals surface area (Å²) in [5, 5.41) is 11.9. The first-order valence-corrected chi connectivity index (χ1v) is 8.37. The highest BCUT2D eigenvalue weighted by Crippen LogP contribution is 2.11. The standard InChI is InChI=1S/C20H21NO6/c1-14(22)27-18(19(23)24)17(12-15-8-4-2-5-9-15)21-20(25)26-13-16-10-6-3-7-11-16/h2-11,17-18H,12-13H2,1H3,(H,21,25)(H,23,24)/t17-,18+/m0/s1. The van der Waals surface area contributed by atoms with Gasteiger partial charge in [0.1, 0.15) is 6.61 Å². The van der Waals surface area contributed by atoms with Crippen LogP contribution in [0.1, 0.15) is 18.1 Å². The zero-order chi connectivity index (χ0) is 19.6. The number of alkyl carbamates (subject to hydrolysis) is 1. The zero-order valence-corrected chi connectivity index (χ0v) is 14.8.